The van der Waals surface area contributed by atoms with Crippen molar-refractivity contribution in [3.63, 3.8) is 0 Å². The summed E-state index contributed by atoms with van der Waals surface area (Å²) in [5, 5.41) is 7.99. The van der Waals surface area contributed by atoms with Crippen molar-refractivity contribution in [3.05, 3.63) is 127 Å². The quantitative estimate of drug-likeness (QED) is 0.187. The first-order valence-corrected chi connectivity index (χ1v) is 22.0. The second-order valence-corrected chi connectivity index (χ2v) is 17.3. The van der Waals surface area contributed by atoms with Gasteiger partial charge in [-0.2, -0.15) is 5.10 Å². The molecule has 3 aromatic carbocycles. The fourth-order valence-electron chi connectivity index (χ4n) is 8.65. The van der Waals surface area contributed by atoms with E-state index in [0.717, 1.165) is 79.8 Å². The molecule has 60 heavy (non-hydrogen) atoms. The number of piperazine rings is 2. The van der Waals surface area contributed by atoms with Crippen LogP contribution in [0, 0.1) is 15.3 Å². The van der Waals surface area contributed by atoms with E-state index < -0.39 is 11.7 Å². The number of fused-ring (bicyclic) bond motifs is 1. The molecule has 0 atom stereocenters. The first-order chi connectivity index (χ1) is 29.1. The molecule has 0 saturated carbocycles. The highest BCUT2D eigenvalue weighted by Crippen LogP contribution is 2.27. The number of pyridine rings is 1. The van der Waals surface area contributed by atoms with Gasteiger partial charge < -0.3 is 19.6 Å². The predicted molar refractivity (Wildman–Crippen MR) is 237 cm³/mol. The summed E-state index contributed by atoms with van der Waals surface area (Å²) in [7, 11) is 0. The van der Waals surface area contributed by atoms with E-state index in [9.17, 15) is 19.2 Å². The number of aromatic nitrogens is 3. The number of likely N-dealkylation sites (tertiary alicyclic amines) is 1. The monoisotopic (exact) mass is 924 g/mol. The Hall–Kier alpha value is -5.06. The van der Waals surface area contributed by atoms with Crippen LogP contribution in [-0.4, -0.2) is 136 Å². The number of piperidine rings is 1. The molecule has 3 saturated heterocycles. The van der Waals surface area contributed by atoms with Gasteiger partial charge in [0.05, 0.1) is 23.2 Å². The van der Waals surface area contributed by atoms with Crippen LogP contribution in [0.4, 0.5) is 4.39 Å². The summed E-state index contributed by atoms with van der Waals surface area (Å²) in [5.74, 6) is -0.430. The van der Waals surface area contributed by atoms with E-state index in [2.05, 4.69) is 84.8 Å². The van der Waals surface area contributed by atoms with E-state index in [4.69, 9.17) is 0 Å². The second-order valence-electron chi connectivity index (χ2n) is 16.1. The van der Waals surface area contributed by atoms with E-state index in [-0.39, 0.29) is 22.9 Å². The number of carbonyl (C=O) groups excluding carboxylic acids is 3. The van der Waals surface area contributed by atoms with Gasteiger partial charge in [0.25, 0.3) is 17.4 Å². The van der Waals surface area contributed by atoms with Gasteiger partial charge in [-0.1, -0.05) is 55.5 Å². The summed E-state index contributed by atoms with van der Waals surface area (Å²) in [6.45, 7) is 9.78. The van der Waals surface area contributed by atoms with Gasteiger partial charge in [-0.3, -0.25) is 24.1 Å². The number of nitrogens with zero attached hydrogens (tertiary/aromatic N) is 7. The molecule has 0 aliphatic carbocycles. The molecule has 2 aromatic heterocycles. The van der Waals surface area contributed by atoms with E-state index in [0.29, 0.717) is 72.8 Å². The molecular weight excluding hydrogens is 874 g/mol. The standard InChI is InChI=1S/C46H50FIN8O4/c1-2-31-6-5-7-34(24-31)35-27-40(48)43(49-28-35)46(60)55-14-12-32(13-15-55)29-52-16-18-53(19-17-52)30-42(57)54-20-22-56(23-21-54)45(59)38-25-33(10-11-39(38)47)26-41-36-8-3-4-9-37(36)44(58)51-50-41/h3-11,24-25,27-28,32H,2,12-23,26,29-30H2,1H3,(H,51,58). The minimum atomic E-state index is -0.597. The van der Waals surface area contributed by atoms with E-state index in [1.165, 1.54) is 11.6 Å². The predicted octanol–water partition coefficient (Wildman–Crippen LogP) is 5.34. The van der Waals surface area contributed by atoms with Crippen LogP contribution in [0.3, 0.4) is 0 Å². The molecule has 14 heteroatoms. The molecular formula is C46H50FIN8O4. The normalized spacial score (nSPS) is 17.0. The molecule has 0 radical (unpaired) electrons. The number of benzene rings is 3. The van der Waals surface area contributed by atoms with Gasteiger partial charge >= 0.3 is 0 Å². The molecule has 3 amide bonds. The van der Waals surface area contributed by atoms with Crippen molar-refractivity contribution in [2.45, 2.75) is 32.6 Å². The smallest absolute Gasteiger partial charge is 0.273 e. The molecule has 8 rings (SSSR count). The molecule has 1 N–H and O–H groups in total. The number of halogens is 2. The van der Waals surface area contributed by atoms with Crippen molar-refractivity contribution < 1.29 is 18.8 Å². The van der Waals surface area contributed by atoms with Crippen LogP contribution in [0.1, 0.15) is 57.4 Å². The first kappa shape index (κ1) is 41.7. The number of rotatable bonds is 10. The van der Waals surface area contributed by atoms with Gasteiger partial charge in [-0.25, -0.2) is 14.5 Å². The Morgan fingerprint density at radius 3 is 2.18 bits per heavy atom. The first-order valence-electron chi connectivity index (χ1n) is 20.9. The van der Waals surface area contributed by atoms with Gasteiger partial charge in [-0.15, -0.1) is 0 Å². The number of hydrogen-bond donors (Lipinski definition) is 1. The Morgan fingerprint density at radius 2 is 1.45 bits per heavy atom. The fourth-order valence-corrected chi connectivity index (χ4v) is 9.36. The number of H-pyrrole nitrogens is 1. The Morgan fingerprint density at radius 1 is 0.750 bits per heavy atom. The maximum atomic E-state index is 15.0. The number of nitrogens with one attached hydrogen (secondary N) is 1. The third-order valence-electron chi connectivity index (χ3n) is 12.3. The minimum absolute atomic E-state index is 0.00397. The van der Waals surface area contributed by atoms with Gasteiger partial charge in [0.2, 0.25) is 5.91 Å². The summed E-state index contributed by atoms with van der Waals surface area (Å²) < 4.78 is 15.9. The number of amides is 3. The van der Waals surface area contributed by atoms with Crippen LogP contribution in [0.25, 0.3) is 21.9 Å². The largest absolute Gasteiger partial charge is 0.338 e. The van der Waals surface area contributed by atoms with Gasteiger partial charge in [-0.05, 0) is 88.7 Å². The lowest BCUT2D eigenvalue weighted by Crippen LogP contribution is -2.55. The fraction of sp³-hybridized carbons (Fsp3) is 0.391. The third kappa shape index (κ3) is 9.45. The van der Waals surface area contributed by atoms with Crippen molar-refractivity contribution >= 4 is 51.1 Å². The zero-order valence-corrected chi connectivity index (χ0v) is 36.1. The Labute approximate surface area is 362 Å². The molecule has 312 valence electrons. The summed E-state index contributed by atoms with van der Waals surface area (Å²) in [6, 6.07) is 22.2. The van der Waals surface area contributed by atoms with Gasteiger partial charge in [0.15, 0.2) is 0 Å². The molecule has 0 spiro atoms. The topological polar surface area (TPSA) is 126 Å². The maximum absolute atomic E-state index is 15.0. The summed E-state index contributed by atoms with van der Waals surface area (Å²) in [4.78, 5) is 67.3. The van der Waals surface area contributed by atoms with Crippen LogP contribution in [0.2, 0.25) is 0 Å². The van der Waals surface area contributed by atoms with Crippen LogP contribution in [0.15, 0.2) is 83.8 Å². The SMILES string of the molecule is CCc1cccc(-c2cnc(C(=O)N3CCC(CN4CCN(CC(=O)N5CCN(C(=O)c6cc(Cc7n[nH]c(=O)c8ccccc78)ccc6F)CC5)CC4)CC3)c(I)c2)c1. The van der Waals surface area contributed by atoms with Crippen molar-refractivity contribution in [3.8, 4) is 11.1 Å². The molecule has 5 heterocycles. The highest BCUT2D eigenvalue weighted by atomic mass is 127. The van der Waals surface area contributed by atoms with Crippen molar-refractivity contribution in [2.24, 2.45) is 5.92 Å². The molecule has 5 aromatic rings. The molecule has 12 nitrogen and oxygen atoms in total. The number of hydrogen-bond acceptors (Lipinski definition) is 8. The Bertz CT molecular complexity index is 2440. The van der Waals surface area contributed by atoms with Crippen molar-refractivity contribution in [2.75, 3.05) is 78.5 Å². The second kappa shape index (κ2) is 18.7. The number of aryl methyl sites for hydroxylation is 1. The zero-order valence-electron chi connectivity index (χ0n) is 33.9. The molecule has 3 aliphatic rings. The van der Waals surface area contributed by atoms with E-state index >= 15 is 4.39 Å². The van der Waals surface area contributed by atoms with Crippen molar-refractivity contribution in [1.29, 1.82) is 0 Å². The van der Waals surface area contributed by atoms with Crippen LogP contribution in [0.5, 0.6) is 0 Å². The lowest BCUT2D eigenvalue weighted by molar-refractivity contribution is -0.134. The molecule has 0 unspecified atom stereocenters. The minimum Gasteiger partial charge on any atom is -0.338 e. The lowest BCUT2D eigenvalue weighted by atomic mass is 9.95. The average molecular weight is 925 g/mol. The maximum Gasteiger partial charge on any atom is 0.273 e. The Balaban J connectivity index is 0.757. The number of carbonyl (C=O) groups is 3. The Kier molecular flexibility index (Phi) is 13.0. The molecule has 3 aliphatic heterocycles. The number of aromatic amines is 1. The summed E-state index contributed by atoms with van der Waals surface area (Å²) in [6.07, 6.45) is 5.03. The molecule has 0 bridgehead atoms. The average Bonchev–Trinajstić information content (AvgIpc) is 3.28. The van der Waals surface area contributed by atoms with E-state index in [1.54, 1.807) is 34.1 Å². The van der Waals surface area contributed by atoms with Crippen LogP contribution >= 0.6 is 22.6 Å². The van der Waals surface area contributed by atoms with Gasteiger partial charge in [0.1, 0.15) is 11.5 Å². The van der Waals surface area contributed by atoms with Crippen molar-refractivity contribution in [1.82, 2.24) is 39.7 Å². The highest BCUT2D eigenvalue weighted by Gasteiger charge is 2.30. The summed E-state index contributed by atoms with van der Waals surface area (Å²) in [5.41, 5.74) is 4.98. The van der Waals surface area contributed by atoms with Crippen LogP contribution in [-0.2, 0) is 17.6 Å². The van der Waals surface area contributed by atoms with Gasteiger partial charge in [0, 0.05) is 99.1 Å². The summed E-state index contributed by atoms with van der Waals surface area (Å²) >= 11 is 2.24. The lowest BCUT2D eigenvalue weighted by Gasteiger charge is -2.40. The molecule has 3 fully saturated rings. The van der Waals surface area contributed by atoms with Crippen LogP contribution < -0.4 is 5.56 Å². The zero-order chi connectivity index (χ0) is 41.8. The highest BCUT2D eigenvalue weighted by molar-refractivity contribution is 14.1. The third-order valence-corrected chi connectivity index (χ3v) is 13.1. The van der Waals surface area contributed by atoms with E-state index in [1.807, 2.05) is 23.2 Å².